The van der Waals surface area contributed by atoms with E-state index in [1.165, 1.54) is 3.97 Å². The van der Waals surface area contributed by atoms with Gasteiger partial charge >= 0.3 is 0 Å². The first-order chi connectivity index (χ1) is 19.9. The predicted octanol–water partition coefficient (Wildman–Crippen LogP) is 3.94. The molecule has 3 aromatic carbocycles. The largest absolute Gasteiger partial charge is 0.361 e. The molecule has 1 aliphatic rings. The van der Waals surface area contributed by atoms with Crippen molar-refractivity contribution < 1.29 is 13.2 Å². The van der Waals surface area contributed by atoms with Gasteiger partial charge in [0.15, 0.2) is 0 Å². The van der Waals surface area contributed by atoms with Gasteiger partial charge in [-0.2, -0.15) is 5.10 Å². The number of piperazine rings is 1. The number of benzene rings is 3. The second-order valence-electron chi connectivity index (χ2n) is 10.4. The lowest BCUT2D eigenvalue weighted by atomic mass is 10.1. The summed E-state index contributed by atoms with van der Waals surface area (Å²) in [5, 5.41) is 6.13. The Balaban J connectivity index is 1.07. The summed E-state index contributed by atoms with van der Waals surface area (Å²) in [6, 6.07) is 22.5. The lowest BCUT2D eigenvalue weighted by Crippen LogP contribution is -2.48. The number of aromatic amines is 1. The van der Waals surface area contributed by atoms with Crippen molar-refractivity contribution in [2.45, 2.75) is 18.4 Å². The third kappa shape index (κ3) is 5.67. The van der Waals surface area contributed by atoms with E-state index < -0.39 is 10.0 Å². The van der Waals surface area contributed by atoms with Gasteiger partial charge in [0.2, 0.25) is 0 Å². The number of hydrogen-bond donors (Lipinski definition) is 2. The highest BCUT2D eigenvalue weighted by atomic mass is 32.2. The summed E-state index contributed by atoms with van der Waals surface area (Å²) in [7, 11) is -3.73. The number of hydrogen-bond acceptors (Lipinski definition) is 6. The Kier molecular flexibility index (Phi) is 7.44. The van der Waals surface area contributed by atoms with Gasteiger partial charge in [-0.25, -0.2) is 17.8 Å². The molecular formula is C31H32N6O3S. The summed E-state index contributed by atoms with van der Waals surface area (Å²) < 4.78 is 28.4. The van der Waals surface area contributed by atoms with Crippen molar-refractivity contribution in [2.75, 3.05) is 32.7 Å². The van der Waals surface area contributed by atoms with Crippen LogP contribution in [0.5, 0.6) is 0 Å². The molecule has 1 saturated heterocycles. The minimum absolute atomic E-state index is 0.154. The van der Waals surface area contributed by atoms with E-state index in [1.807, 2.05) is 73.8 Å². The van der Waals surface area contributed by atoms with Gasteiger partial charge in [0.25, 0.3) is 15.9 Å². The fourth-order valence-corrected chi connectivity index (χ4v) is 6.72. The zero-order valence-corrected chi connectivity index (χ0v) is 23.6. The second kappa shape index (κ2) is 11.3. The van der Waals surface area contributed by atoms with Crippen molar-refractivity contribution in [3.05, 3.63) is 102 Å². The maximum Gasteiger partial charge on any atom is 0.268 e. The number of amides is 1. The van der Waals surface area contributed by atoms with Gasteiger partial charge in [0.1, 0.15) is 0 Å². The Morgan fingerprint density at radius 2 is 1.61 bits per heavy atom. The number of nitrogens with zero attached hydrogens (tertiary/aromatic N) is 4. The first-order valence-corrected chi connectivity index (χ1v) is 15.1. The summed E-state index contributed by atoms with van der Waals surface area (Å²) in [6.45, 7) is 5.86. The molecule has 0 saturated carbocycles. The number of nitrogens with one attached hydrogen (secondary N) is 2. The van der Waals surface area contributed by atoms with Crippen molar-refractivity contribution in [3.8, 4) is 0 Å². The number of hydrazone groups is 1. The van der Waals surface area contributed by atoms with E-state index in [0.29, 0.717) is 12.1 Å². The molecule has 41 heavy (non-hydrogen) atoms. The monoisotopic (exact) mass is 568 g/mol. The van der Waals surface area contributed by atoms with E-state index in [1.54, 1.807) is 24.5 Å². The van der Waals surface area contributed by atoms with Crippen LogP contribution >= 0.6 is 0 Å². The molecule has 1 amide bonds. The second-order valence-corrected chi connectivity index (χ2v) is 12.2. The molecule has 3 heterocycles. The topological polar surface area (TPSA) is 103 Å². The molecule has 5 aromatic rings. The average molecular weight is 569 g/mol. The van der Waals surface area contributed by atoms with Crippen molar-refractivity contribution in [1.82, 2.24) is 24.2 Å². The van der Waals surface area contributed by atoms with Gasteiger partial charge in [-0.1, -0.05) is 54.1 Å². The smallest absolute Gasteiger partial charge is 0.268 e. The zero-order valence-electron chi connectivity index (χ0n) is 22.8. The van der Waals surface area contributed by atoms with Crippen LogP contribution in [0.25, 0.3) is 21.8 Å². The molecule has 0 spiro atoms. The number of aromatic nitrogens is 2. The zero-order chi connectivity index (χ0) is 28.4. The molecule has 1 aliphatic heterocycles. The summed E-state index contributed by atoms with van der Waals surface area (Å²) in [5.74, 6) is -0.154. The molecule has 1 fully saturated rings. The van der Waals surface area contributed by atoms with Crippen LogP contribution in [0, 0.1) is 6.92 Å². The van der Waals surface area contributed by atoms with Gasteiger partial charge in [0, 0.05) is 67.0 Å². The third-order valence-electron chi connectivity index (χ3n) is 7.58. The fraction of sp³-hybridized carbons (Fsp3) is 0.226. The molecule has 10 heteroatoms. The number of carbonyl (C=O) groups excluding carboxylic acids is 1. The molecule has 0 aliphatic carbocycles. The molecule has 210 valence electrons. The minimum atomic E-state index is -3.73. The van der Waals surface area contributed by atoms with Crippen LogP contribution in [0.15, 0.2) is 95.2 Å². The number of H-pyrrole nitrogens is 1. The lowest BCUT2D eigenvalue weighted by molar-refractivity contribution is -0.122. The number of para-hydroxylation sites is 2. The first kappa shape index (κ1) is 26.9. The number of aryl methyl sites for hydroxylation is 1. The molecule has 2 aromatic heterocycles. The summed E-state index contributed by atoms with van der Waals surface area (Å²) in [5.41, 5.74) is 7.23. The van der Waals surface area contributed by atoms with Crippen LogP contribution in [0.3, 0.4) is 0 Å². The number of rotatable bonds is 8. The maximum absolute atomic E-state index is 13.5. The van der Waals surface area contributed by atoms with Gasteiger partial charge in [-0.05, 0) is 36.8 Å². The molecule has 6 rings (SSSR count). The van der Waals surface area contributed by atoms with Crippen molar-refractivity contribution in [1.29, 1.82) is 0 Å². The minimum Gasteiger partial charge on any atom is -0.361 e. The molecule has 2 N–H and O–H groups in total. The molecule has 0 bridgehead atoms. The summed E-state index contributed by atoms with van der Waals surface area (Å²) >= 11 is 0. The molecule has 0 unspecified atom stereocenters. The Labute approximate surface area is 239 Å². The van der Waals surface area contributed by atoms with Gasteiger partial charge in [0.05, 0.1) is 23.2 Å². The van der Waals surface area contributed by atoms with E-state index in [4.69, 9.17) is 0 Å². The summed E-state index contributed by atoms with van der Waals surface area (Å²) in [4.78, 5) is 20.4. The van der Waals surface area contributed by atoms with E-state index in [2.05, 4.69) is 25.3 Å². The maximum atomic E-state index is 13.5. The third-order valence-corrected chi connectivity index (χ3v) is 9.27. The highest BCUT2D eigenvalue weighted by molar-refractivity contribution is 7.90. The SMILES string of the molecule is Cc1ccc(S(=O)(=O)n2cc(CN3CCN(CC(=O)N/N=C\c4c[nH]c5ccccc45)CC3)c3ccccc32)cc1. The Morgan fingerprint density at radius 3 is 2.39 bits per heavy atom. The van der Waals surface area contributed by atoms with Crippen molar-refractivity contribution in [3.63, 3.8) is 0 Å². The standard InChI is InChI=1S/C31H32N6O3S/c1-23-10-12-26(13-11-23)41(39,40)37-21-25(28-7-3-5-9-30(28)37)20-35-14-16-36(17-15-35)22-31(38)34-33-19-24-18-32-29-8-4-2-6-27(24)29/h2-13,18-19,21,32H,14-17,20,22H2,1H3,(H,34,38)/b33-19-. The quantitative estimate of drug-likeness (QED) is 0.218. The van der Waals surface area contributed by atoms with Gasteiger partial charge < -0.3 is 4.98 Å². The molecule has 9 nitrogen and oxygen atoms in total. The van der Waals surface area contributed by atoms with Crippen LogP contribution in [0.1, 0.15) is 16.7 Å². The molecular weight excluding hydrogens is 536 g/mol. The number of fused-ring (bicyclic) bond motifs is 2. The van der Waals surface area contributed by atoms with Gasteiger partial charge in [-0.15, -0.1) is 0 Å². The van der Waals surface area contributed by atoms with Crippen LogP contribution in [0.2, 0.25) is 0 Å². The lowest BCUT2D eigenvalue weighted by Gasteiger charge is -2.34. The Hall–Kier alpha value is -4.25. The Morgan fingerprint density at radius 1 is 0.927 bits per heavy atom. The summed E-state index contributed by atoms with van der Waals surface area (Å²) in [6.07, 6.45) is 5.28. The normalized spacial score (nSPS) is 15.2. The predicted molar refractivity (Wildman–Crippen MR) is 161 cm³/mol. The molecule has 0 atom stereocenters. The van der Waals surface area contributed by atoms with Crippen LogP contribution in [-0.4, -0.2) is 72.0 Å². The van der Waals surface area contributed by atoms with Crippen LogP contribution in [-0.2, 0) is 21.4 Å². The van der Waals surface area contributed by atoms with E-state index in [-0.39, 0.29) is 17.3 Å². The van der Waals surface area contributed by atoms with Crippen LogP contribution < -0.4 is 5.43 Å². The first-order valence-electron chi connectivity index (χ1n) is 13.6. The highest BCUT2D eigenvalue weighted by Gasteiger charge is 2.24. The van der Waals surface area contributed by atoms with Crippen molar-refractivity contribution in [2.24, 2.45) is 5.10 Å². The van der Waals surface area contributed by atoms with Gasteiger partial charge in [-0.3, -0.25) is 14.6 Å². The van der Waals surface area contributed by atoms with Crippen LogP contribution in [0.4, 0.5) is 0 Å². The van der Waals surface area contributed by atoms with E-state index in [9.17, 15) is 13.2 Å². The molecule has 0 radical (unpaired) electrons. The highest BCUT2D eigenvalue weighted by Crippen LogP contribution is 2.27. The van der Waals surface area contributed by atoms with Crippen molar-refractivity contribution >= 4 is 44.0 Å². The van der Waals surface area contributed by atoms with E-state index >= 15 is 0 Å². The average Bonchev–Trinajstić information content (AvgIpc) is 3.56. The van der Waals surface area contributed by atoms with E-state index in [0.717, 1.165) is 59.2 Å². The Bertz CT molecular complexity index is 1830. The fourth-order valence-electron chi connectivity index (χ4n) is 5.33. The number of carbonyl (C=O) groups is 1.